The molecule has 8 nitrogen and oxygen atoms in total. The predicted octanol–water partition coefficient (Wildman–Crippen LogP) is 1.97. The SMILES string of the molecule is COc1cc(C2C3C(NNC3c3ccccc3O)C(=O)N2CCCO)cc(Br)c1O. The number of hydrogen-bond donors (Lipinski definition) is 5. The zero-order valence-electron chi connectivity index (χ0n) is 16.4. The normalized spacial score (nSPS) is 25.6. The fourth-order valence-corrected chi connectivity index (χ4v) is 4.99. The monoisotopic (exact) mass is 477 g/mol. The van der Waals surface area contributed by atoms with Crippen molar-refractivity contribution in [1.29, 1.82) is 0 Å². The minimum Gasteiger partial charge on any atom is -0.508 e. The van der Waals surface area contributed by atoms with Gasteiger partial charge < -0.3 is 25.0 Å². The summed E-state index contributed by atoms with van der Waals surface area (Å²) >= 11 is 3.37. The van der Waals surface area contributed by atoms with Crippen molar-refractivity contribution in [3.63, 3.8) is 0 Å². The fourth-order valence-electron chi connectivity index (χ4n) is 4.53. The molecule has 0 aliphatic carbocycles. The number of carbonyl (C=O) groups is 1. The third-order valence-electron chi connectivity index (χ3n) is 5.85. The number of benzene rings is 2. The van der Waals surface area contributed by atoms with Crippen molar-refractivity contribution < 1.29 is 24.9 Å². The summed E-state index contributed by atoms with van der Waals surface area (Å²) in [4.78, 5) is 15.0. The van der Waals surface area contributed by atoms with Gasteiger partial charge in [0.05, 0.1) is 23.7 Å². The van der Waals surface area contributed by atoms with Crippen molar-refractivity contribution in [2.24, 2.45) is 5.92 Å². The van der Waals surface area contributed by atoms with E-state index >= 15 is 0 Å². The molecule has 2 aliphatic heterocycles. The molecule has 4 atom stereocenters. The van der Waals surface area contributed by atoms with Crippen molar-refractivity contribution in [2.75, 3.05) is 20.3 Å². The van der Waals surface area contributed by atoms with Gasteiger partial charge in [0.1, 0.15) is 11.8 Å². The van der Waals surface area contributed by atoms with E-state index in [-0.39, 0.29) is 42.0 Å². The second-order valence-corrected chi connectivity index (χ2v) is 8.34. The number of fused-ring (bicyclic) bond motifs is 1. The topological polar surface area (TPSA) is 114 Å². The molecule has 4 rings (SSSR count). The second kappa shape index (κ2) is 8.43. The van der Waals surface area contributed by atoms with Gasteiger partial charge in [-0.15, -0.1) is 0 Å². The standard InChI is InChI=1S/C21H24BrN3O5/c1-30-15-10-11(9-13(22)20(15)28)19-16-17(12-5-2-3-6-14(12)27)23-24-18(16)21(29)25(19)7-4-8-26/h2-3,5-6,9-10,16-19,23-24,26-28H,4,7-8H2,1H3. The van der Waals surface area contributed by atoms with E-state index in [1.807, 2.05) is 12.1 Å². The van der Waals surface area contributed by atoms with Crippen molar-refractivity contribution in [2.45, 2.75) is 24.5 Å². The summed E-state index contributed by atoms with van der Waals surface area (Å²) in [6.07, 6.45) is 0.451. The first kappa shape index (κ1) is 20.9. The summed E-state index contributed by atoms with van der Waals surface area (Å²) in [6.45, 7) is 0.367. The Bertz CT molecular complexity index is 956. The third-order valence-corrected chi connectivity index (χ3v) is 6.46. The molecule has 2 saturated heterocycles. The molecule has 0 bridgehead atoms. The zero-order valence-corrected chi connectivity index (χ0v) is 18.0. The van der Waals surface area contributed by atoms with Crippen LogP contribution in [0.2, 0.25) is 0 Å². The molecule has 2 aromatic carbocycles. The maximum Gasteiger partial charge on any atom is 0.242 e. The first-order valence-electron chi connectivity index (χ1n) is 9.74. The van der Waals surface area contributed by atoms with Crippen LogP contribution in [0.25, 0.3) is 0 Å². The van der Waals surface area contributed by atoms with Gasteiger partial charge in [-0.3, -0.25) is 4.79 Å². The summed E-state index contributed by atoms with van der Waals surface area (Å²) in [5.41, 5.74) is 7.77. The number of likely N-dealkylation sites (tertiary alicyclic amines) is 1. The average Bonchev–Trinajstić information content (AvgIpc) is 3.28. The Balaban J connectivity index is 1.82. The molecule has 5 N–H and O–H groups in total. The van der Waals surface area contributed by atoms with Crippen LogP contribution in [0.4, 0.5) is 0 Å². The molecule has 4 unspecified atom stereocenters. The van der Waals surface area contributed by atoms with E-state index in [1.165, 1.54) is 7.11 Å². The van der Waals surface area contributed by atoms with E-state index in [9.17, 15) is 20.1 Å². The Kier molecular flexibility index (Phi) is 5.88. The number of aliphatic hydroxyl groups is 1. The molecule has 1 amide bonds. The number of phenols is 2. The third kappa shape index (κ3) is 3.41. The summed E-state index contributed by atoms with van der Waals surface area (Å²) in [6, 6.07) is 9.41. The number of halogens is 1. The predicted molar refractivity (Wildman–Crippen MR) is 113 cm³/mol. The maximum atomic E-state index is 13.2. The summed E-state index contributed by atoms with van der Waals surface area (Å²) < 4.78 is 5.78. The van der Waals surface area contributed by atoms with Gasteiger partial charge in [-0.25, -0.2) is 10.9 Å². The lowest BCUT2D eigenvalue weighted by atomic mass is 9.83. The fraction of sp³-hybridized carbons (Fsp3) is 0.381. The molecule has 0 aromatic heterocycles. The van der Waals surface area contributed by atoms with Gasteiger partial charge in [-0.1, -0.05) is 18.2 Å². The van der Waals surface area contributed by atoms with Crippen LogP contribution in [0, 0.1) is 5.92 Å². The zero-order chi connectivity index (χ0) is 21.4. The number of amides is 1. The molecule has 0 saturated carbocycles. The number of aromatic hydroxyl groups is 2. The smallest absolute Gasteiger partial charge is 0.242 e. The highest BCUT2D eigenvalue weighted by atomic mass is 79.9. The number of carbonyl (C=O) groups excluding carboxylic acids is 1. The van der Waals surface area contributed by atoms with E-state index in [1.54, 1.807) is 29.2 Å². The number of ether oxygens (including phenoxy) is 1. The molecule has 160 valence electrons. The van der Waals surface area contributed by atoms with Gasteiger partial charge in [0.15, 0.2) is 11.5 Å². The number of nitrogens with zero attached hydrogens (tertiary/aromatic N) is 1. The van der Waals surface area contributed by atoms with Gasteiger partial charge in [0, 0.05) is 24.6 Å². The molecular formula is C21H24BrN3O5. The van der Waals surface area contributed by atoms with Gasteiger partial charge in [-0.2, -0.15) is 0 Å². The Morgan fingerprint density at radius 2 is 1.90 bits per heavy atom. The molecule has 0 radical (unpaired) electrons. The van der Waals surface area contributed by atoms with E-state index in [4.69, 9.17) is 4.74 Å². The van der Waals surface area contributed by atoms with Gasteiger partial charge >= 0.3 is 0 Å². The van der Waals surface area contributed by atoms with Gasteiger partial charge in [-0.05, 0) is 46.1 Å². The maximum absolute atomic E-state index is 13.2. The van der Waals surface area contributed by atoms with Crippen LogP contribution in [-0.4, -0.2) is 52.4 Å². The van der Waals surface area contributed by atoms with Crippen LogP contribution in [-0.2, 0) is 4.79 Å². The second-order valence-electron chi connectivity index (χ2n) is 7.49. The Morgan fingerprint density at radius 1 is 1.17 bits per heavy atom. The van der Waals surface area contributed by atoms with Crippen LogP contribution >= 0.6 is 15.9 Å². The molecule has 2 aliphatic rings. The highest BCUT2D eigenvalue weighted by Crippen LogP contribution is 2.50. The number of methoxy groups -OCH3 is 1. The molecule has 2 aromatic rings. The molecule has 30 heavy (non-hydrogen) atoms. The summed E-state index contributed by atoms with van der Waals surface area (Å²) in [7, 11) is 1.47. The lowest BCUT2D eigenvalue weighted by Gasteiger charge is -2.31. The van der Waals surface area contributed by atoms with Gasteiger partial charge in [0.25, 0.3) is 0 Å². The van der Waals surface area contributed by atoms with Crippen molar-refractivity contribution in [3.05, 3.63) is 52.0 Å². The van der Waals surface area contributed by atoms with Crippen molar-refractivity contribution in [1.82, 2.24) is 15.8 Å². The number of hydrazine groups is 1. The first-order chi connectivity index (χ1) is 14.5. The molecule has 2 fully saturated rings. The molecular weight excluding hydrogens is 454 g/mol. The number of phenolic OH excluding ortho intramolecular Hbond substituents is 2. The minimum absolute atomic E-state index is 0.0102. The van der Waals surface area contributed by atoms with Crippen molar-refractivity contribution >= 4 is 21.8 Å². The van der Waals surface area contributed by atoms with E-state index in [0.717, 1.165) is 5.56 Å². The number of para-hydroxylation sites is 1. The van der Waals surface area contributed by atoms with E-state index < -0.39 is 6.04 Å². The number of aliphatic hydroxyl groups excluding tert-OH is 1. The first-order valence-corrected chi connectivity index (χ1v) is 10.5. The highest BCUT2D eigenvalue weighted by molar-refractivity contribution is 9.10. The van der Waals surface area contributed by atoms with E-state index in [2.05, 4.69) is 26.8 Å². The number of hydrogen-bond acceptors (Lipinski definition) is 7. The Morgan fingerprint density at radius 3 is 2.60 bits per heavy atom. The van der Waals surface area contributed by atoms with Crippen LogP contribution in [0.1, 0.15) is 29.6 Å². The molecule has 9 heteroatoms. The van der Waals surface area contributed by atoms with Crippen molar-refractivity contribution in [3.8, 4) is 17.2 Å². The average molecular weight is 478 g/mol. The highest BCUT2D eigenvalue weighted by Gasteiger charge is 2.55. The van der Waals surface area contributed by atoms with Crippen LogP contribution in [0.5, 0.6) is 17.2 Å². The Labute approximate surface area is 182 Å². The summed E-state index contributed by atoms with van der Waals surface area (Å²) in [5, 5.41) is 30.0. The van der Waals surface area contributed by atoms with Crippen LogP contribution in [0.15, 0.2) is 40.9 Å². The lowest BCUT2D eigenvalue weighted by Crippen LogP contribution is -2.41. The van der Waals surface area contributed by atoms with Crippen LogP contribution < -0.4 is 15.6 Å². The number of nitrogens with one attached hydrogen (secondary N) is 2. The molecule has 2 heterocycles. The number of rotatable bonds is 6. The quantitative estimate of drug-likeness (QED) is 0.432. The van der Waals surface area contributed by atoms with Crippen LogP contribution in [0.3, 0.4) is 0 Å². The molecule has 0 spiro atoms. The lowest BCUT2D eigenvalue weighted by molar-refractivity contribution is -0.130. The largest absolute Gasteiger partial charge is 0.508 e. The summed E-state index contributed by atoms with van der Waals surface area (Å²) in [5.74, 6) is 0.138. The minimum atomic E-state index is -0.489. The van der Waals surface area contributed by atoms with Gasteiger partial charge in [0.2, 0.25) is 5.91 Å². The van der Waals surface area contributed by atoms with E-state index in [0.29, 0.717) is 28.8 Å². The Hall–Kier alpha value is -2.33.